The number of nitrogens with one attached hydrogen (secondary N) is 1. The number of anilines is 1. The van der Waals surface area contributed by atoms with E-state index in [-0.39, 0.29) is 5.97 Å². The molecule has 1 aromatic heterocycles. The van der Waals surface area contributed by atoms with Gasteiger partial charge in [0.15, 0.2) is 0 Å². The second-order valence-corrected chi connectivity index (χ2v) is 4.94. The fraction of sp³-hybridized carbons (Fsp3) is 0.455. The van der Waals surface area contributed by atoms with Gasteiger partial charge in [0.05, 0.1) is 7.11 Å². The summed E-state index contributed by atoms with van der Waals surface area (Å²) in [6.07, 6.45) is 1.68. The fourth-order valence-electron chi connectivity index (χ4n) is 1.17. The molecule has 0 fully saturated rings. The highest BCUT2D eigenvalue weighted by Gasteiger charge is 2.16. The Balaban J connectivity index is 2.98. The van der Waals surface area contributed by atoms with Gasteiger partial charge in [0, 0.05) is 16.3 Å². The number of hydrogen-bond donors (Lipinski definition) is 1. The van der Waals surface area contributed by atoms with Crippen LogP contribution in [0.3, 0.4) is 0 Å². The number of halogens is 1. The molecule has 0 amide bonds. The van der Waals surface area contributed by atoms with Crippen LogP contribution in [0, 0.1) is 9.49 Å². The molecule has 5 heteroatoms. The third kappa shape index (κ3) is 3.33. The second kappa shape index (κ2) is 6.03. The largest absolute Gasteiger partial charge is 0.465 e. The van der Waals surface area contributed by atoms with Gasteiger partial charge in [0.25, 0.3) is 0 Å². The van der Waals surface area contributed by atoms with E-state index in [1.807, 2.05) is 0 Å². The average Bonchev–Trinajstić information content (AvgIpc) is 2.25. The van der Waals surface area contributed by atoms with Crippen LogP contribution in [0.5, 0.6) is 0 Å². The maximum atomic E-state index is 11.6. The zero-order valence-electron chi connectivity index (χ0n) is 9.58. The van der Waals surface area contributed by atoms with Crippen molar-refractivity contribution < 1.29 is 9.53 Å². The van der Waals surface area contributed by atoms with Crippen LogP contribution in [-0.4, -0.2) is 24.6 Å². The van der Waals surface area contributed by atoms with Crippen molar-refractivity contribution in [3.63, 3.8) is 0 Å². The van der Waals surface area contributed by atoms with E-state index >= 15 is 0 Å². The topological polar surface area (TPSA) is 51.2 Å². The zero-order valence-corrected chi connectivity index (χ0v) is 11.7. The summed E-state index contributed by atoms with van der Waals surface area (Å²) in [5.74, 6) is 0.723. The zero-order chi connectivity index (χ0) is 12.1. The maximum Gasteiger partial charge on any atom is 0.342 e. The highest BCUT2D eigenvalue weighted by molar-refractivity contribution is 14.1. The molecule has 88 valence electrons. The maximum absolute atomic E-state index is 11.6. The number of nitrogens with zero attached hydrogens (tertiary/aromatic N) is 1. The summed E-state index contributed by atoms with van der Waals surface area (Å²) in [6, 6.07) is 1.79. The van der Waals surface area contributed by atoms with Crippen LogP contribution >= 0.6 is 22.6 Å². The molecule has 0 saturated carbocycles. The number of ether oxygens (including phenoxy) is 1. The van der Waals surface area contributed by atoms with Gasteiger partial charge in [-0.05, 0) is 34.6 Å². The number of carbonyl (C=O) groups is 1. The molecule has 0 saturated heterocycles. The van der Waals surface area contributed by atoms with Crippen LogP contribution in [0.4, 0.5) is 5.82 Å². The second-order valence-electron chi connectivity index (χ2n) is 3.78. The number of carbonyl (C=O) groups excluding carboxylic acids is 1. The highest BCUT2D eigenvalue weighted by Crippen LogP contribution is 2.20. The molecule has 4 nitrogen and oxygen atoms in total. The van der Waals surface area contributed by atoms with E-state index in [4.69, 9.17) is 4.74 Å². The van der Waals surface area contributed by atoms with Crippen LogP contribution < -0.4 is 5.32 Å². The Morgan fingerprint density at radius 2 is 2.31 bits per heavy atom. The van der Waals surface area contributed by atoms with Gasteiger partial charge < -0.3 is 10.1 Å². The molecule has 0 atom stereocenters. The van der Waals surface area contributed by atoms with Crippen molar-refractivity contribution in [2.45, 2.75) is 13.8 Å². The van der Waals surface area contributed by atoms with Gasteiger partial charge in [0.1, 0.15) is 11.4 Å². The Kier molecular flexibility index (Phi) is 4.98. The molecular weight excluding hydrogens is 319 g/mol. The first kappa shape index (κ1) is 13.2. The number of rotatable bonds is 4. The minimum atomic E-state index is -0.358. The van der Waals surface area contributed by atoms with E-state index < -0.39 is 0 Å². The lowest BCUT2D eigenvalue weighted by Gasteiger charge is -2.12. The number of hydrogen-bond acceptors (Lipinski definition) is 4. The lowest BCUT2D eigenvalue weighted by atomic mass is 10.2. The van der Waals surface area contributed by atoms with E-state index in [0.717, 1.165) is 10.1 Å². The first-order valence-corrected chi connectivity index (χ1v) is 6.10. The van der Waals surface area contributed by atoms with Gasteiger partial charge in [-0.15, -0.1) is 0 Å². The molecule has 16 heavy (non-hydrogen) atoms. The average molecular weight is 334 g/mol. The van der Waals surface area contributed by atoms with Gasteiger partial charge in [0.2, 0.25) is 0 Å². The third-order valence-electron chi connectivity index (χ3n) is 1.97. The van der Waals surface area contributed by atoms with Gasteiger partial charge in [-0.3, -0.25) is 0 Å². The molecule has 0 spiro atoms. The van der Waals surface area contributed by atoms with Crippen LogP contribution in [0.2, 0.25) is 0 Å². The normalized spacial score (nSPS) is 10.3. The minimum Gasteiger partial charge on any atom is -0.465 e. The standard InChI is InChI=1S/C11H15IN2O2/c1-7(2)6-14-10-9(11(15)16-3)8(12)4-5-13-10/h4-5,7H,6H2,1-3H3,(H,13,14). The molecule has 0 aliphatic carbocycles. The predicted molar refractivity (Wildman–Crippen MR) is 71.6 cm³/mol. The molecule has 0 aliphatic rings. The van der Waals surface area contributed by atoms with Crippen LogP contribution in [-0.2, 0) is 4.74 Å². The van der Waals surface area contributed by atoms with Crippen LogP contribution in [0.1, 0.15) is 24.2 Å². The summed E-state index contributed by atoms with van der Waals surface area (Å²) in [7, 11) is 1.37. The third-order valence-corrected chi connectivity index (χ3v) is 2.87. The first-order chi connectivity index (χ1) is 7.56. The summed E-state index contributed by atoms with van der Waals surface area (Å²) >= 11 is 2.10. The summed E-state index contributed by atoms with van der Waals surface area (Å²) in [4.78, 5) is 15.8. The van der Waals surface area contributed by atoms with Crippen molar-refractivity contribution in [3.8, 4) is 0 Å². The van der Waals surface area contributed by atoms with E-state index in [9.17, 15) is 4.79 Å². The van der Waals surface area contributed by atoms with Crippen molar-refractivity contribution in [1.82, 2.24) is 4.98 Å². The lowest BCUT2D eigenvalue weighted by Crippen LogP contribution is -2.15. The molecule has 0 radical (unpaired) electrons. The van der Waals surface area contributed by atoms with Gasteiger partial charge in [-0.25, -0.2) is 9.78 Å². The summed E-state index contributed by atoms with van der Waals surface area (Å²) in [5.41, 5.74) is 0.506. The van der Waals surface area contributed by atoms with Gasteiger partial charge in [-0.1, -0.05) is 13.8 Å². The van der Waals surface area contributed by atoms with E-state index in [2.05, 4.69) is 46.7 Å². The van der Waals surface area contributed by atoms with Crippen LogP contribution in [0.25, 0.3) is 0 Å². The molecule has 0 bridgehead atoms. The first-order valence-electron chi connectivity index (χ1n) is 5.03. The Morgan fingerprint density at radius 1 is 1.62 bits per heavy atom. The fourth-order valence-corrected chi connectivity index (χ4v) is 1.81. The SMILES string of the molecule is COC(=O)c1c(I)ccnc1NCC(C)C. The highest BCUT2D eigenvalue weighted by atomic mass is 127. The lowest BCUT2D eigenvalue weighted by molar-refractivity contribution is 0.0600. The molecule has 1 rings (SSSR count). The molecule has 0 unspecified atom stereocenters. The number of pyridine rings is 1. The Labute approximate surface area is 109 Å². The summed E-state index contributed by atoms with van der Waals surface area (Å²) < 4.78 is 5.58. The van der Waals surface area contributed by atoms with Crippen molar-refractivity contribution >= 4 is 34.4 Å². The van der Waals surface area contributed by atoms with Crippen molar-refractivity contribution in [2.24, 2.45) is 5.92 Å². The molecule has 1 aromatic rings. The van der Waals surface area contributed by atoms with Gasteiger partial charge in [-0.2, -0.15) is 0 Å². The van der Waals surface area contributed by atoms with Crippen molar-refractivity contribution in [2.75, 3.05) is 19.0 Å². The van der Waals surface area contributed by atoms with E-state index in [1.54, 1.807) is 12.3 Å². The number of methoxy groups -OCH3 is 1. The monoisotopic (exact) mass is 334 g/mol. The number of esters is 1. The van der Waals surface area contributed by atoms with Gasteiger partial charge >= 0.3 is 5.97 Å². The molecule has 0 aromatic carbocycles. The Bertz CT molecular complexity index is 380. The number of aromatic nitrogens is 1. The van der Waals surface area contributed by atoms with E-state index in [0.29, 0.717) is 17.3 Å². The molecular formula is C11H15IN2O2. The quantitative estimate of drug-likeness (QED) is 0.679. The minimum absolute atomic E-state index is 0.358. The predicted octanol–water partition coefficient (Wildman–Crippen LogP) is 2.54. The van der Waals surface area contributed by atoms with E-state index in [1.165, 1.54) is 7.11 Å². The van der Waals surface area contributed by atoms with Crippen LogP contribution in [0.15, 0.2) is 12.3 Å². The van der Waals surface area contributed by atoms with Crippen molar-refractivity contribution in [1.29, 1.82) is 0 Å². The summed E-state index contributed by atoms with van der Waals surface area (Å²) in [6.45, 7) is 4.97. The molecule has 1 N–H and O–H groups in total. The Hall–Kier alpha value is -0.850. The van der Waals surface area contributed by atoms with Crippen molar-refractivity contribution in [3.05, 3.63) is 21.4 Å². The molecule has 1 heterocycles. The molecule has 0 aliphatic heterocycles. The summed E-state index contributed by atoms with van der Waals surface area (Å²) in [5, 5.41) is 3.15. The smallest absolute Gasteiger partial charge is 0.342 e. The Morgan fingerprint density at radius 3 is 2.88 bits per heavy atom.